The van der Waals surface area contributed by atoms with Crippen molar-refractivity contribution in [1.82, 2.24) is 19.0 Å². The van der Waals surface area contributed by atoms with Crippen LogP contribution in [0, 0.1) is 0 Å². The van der Waals surface area contributed by atoms with E-state index in [4.69, 9.17) is 27.9 Å². The summed E-state index contributed by atoms with van der Waals surface area (Å²) in [5.74, 6) is 0. The molecule has 0 atom stereocenters. The van der Waals surface area contributed by atoms with Gasteiger partial charge in [-0.2, -0.15) is 14.1 Å². The fraction of sp³-hybridized carbons (Fsp3) is 0.353. The molecule has 1 amide bonds. The quantitative estimate of drug-likeness (QED) is 0.691. The van der Waals surface area contributed by atoms with E-state index in [1.807, 2.05) is 0 Å². The largest absolute Gasteiger partial charge is 0.450 e. The minimum absolute atomic E-state index is 0.0362. The van der Waals surface area contributed by atoms with Crippen LogP contribution in [-0.2, 0) is 14.8 Å². The number of rotatable bonds is 4. The second kappa shape index (κ2) is 8.70. The monoisotopic (exact) mass is 460 g/mol. The van der Waals surface area contributed by atoms with Crippen molar-refractivity contribution in [2.45, 2.75) is 11.8 Å². The lowest BCUT2D eigenvalue weighted by Gasteiger charge is -2.33. The minimum Gasteiger partial charge on any atom is -0.450 e. The Bertz CT molecular complexity index is 1060. The number of hydrogen-bond donors (Lipinski definition) is 0. The molecule has 0 unspecified atom stereocenters. The van der Waals surface area contributed by atoms with Crippen molar-refractivity contribution in [2.75, 3.05) is 32.8 Å². The standard InChI is InChI=1S/C17H18Cl2N4O5S/c1-2-28-17(25)21-7-9-22(10-8-21)29(26,27)13-5-3-12(4-6-13)23-16(24)15(19)14(18)11-20-23/h3-6,11H,2,7-10H2,1H3. The second-order valence-corrected chi connectivity index (χ2v) is 8.83. The van der Waals surface area contributed by atoms with Crippen molar-refractivity contribution in [3.63, 3.8) is 0 Å². The zero-order chi connectivity index (χ0) is 21.2. The molecular weight excluding hydrogens is 443 g/mol. The van der Waals surface area contributed by atoms with Crippen molar-refractivity contribution < 1.29 is 17.9 Å². The Labute approximate surface area is 177 Å². The molecule has 0 N–H and O–H groups in total. The van der Waals surface area contributed by atoms with Gasteiger partial charge in [0.25, 0.3) is 5.56 Å². The summed E-state index contributed by atoms with van der Waals surface area (Å²) in [6.45, 7) is 2.80. The smallest absolute Gasteiger partial charge is 0.409 e. The van der Waals surface area contributed by atoms with E-state index in [-0.39, 0.29) is 47.7 Å². The number of amides is 1. The van der Waals surface area contributed by atoms with Gasteiger partial charge in [0.2, 0.25) is 10.0 Å². The Kier molecular flexibility index (Phi) is 6.47. The van der Waals surface area contributed by atoms with Crippen molar-refractivity contribution in [3.8, 4) is 5.69 Å². The summed E-state index contributed by atoms with van der Waals surface area (Å²) in [6.07, 6.45) is 0.785. The molecule has 0 bridgehead atoms. The minimum atomic E-state index is -3.75. The number of benzene rings is 1. The Balaban J connectivity index is 1.77. The number of halogens is 2. The van der Waals surface area contributed by atoms with Crippen molar-refractivity contribution >= 4 is 39.3 Å². The van der Waals surface area contributed by atoms with Crippen LogP contribution < -0.4 is 5.56 Å². The van der Waals surface area contributed by atoms with Gasteiger partial charge in [0.05, 0.1) is 28.4 Å². The highest BCUT2D eigenvalue weighted by molar-refractivity contribution is 7.89. The molecule has 2 aromatic rings. The van der Waals surface area contributed by atoms with Crippen molar-refractivity contribution in [1.29, 1.82) is 0 Å². The van der Waals surface area contributed by atoms with Crippen LogP contribution in [0.25, 0.3) is 5.69 Å². The van der Waals surface area contributed by atoms with Crippen LogP contribution in [-0.4, -0.2) is 66.3 Å². The first-order chi connectivity index (χ1) is 13.8. The summed E-state index contributed by atoms with van der Waals surface area (Å²) >= 11 is 11.6. The van der Waals surface area contributed by atoms with Crippen molar-refractivity contribution in [3.05, 3.63) is 50.9 Å². The number of carbonyl (C=O) groups excluding carboxylic acids is 1. The molecular formula is C17H18Cl2N4O5S. The molecule has 3 rings (SSSR count). The molecule has 0 aliphatic carbocycles. The van der Waals surface area contributed by atoms with Gasteiger partial charge in [-0.25, -0.2) is 13.2 Å². The lowest BCUT2D eigenvalue weighted by atomic mass is 10.3. The summed E-state index contributed by atoms with van der Waals surface area (Å²) in [5, 5.41) is 3.78. The zero-order valence-electron chi connectivity index (χ0n) is 15.4. The predicted octanol–water partition coefficient (Wildman–Crippen LogP) is 2.00. The Morgan fingerprint density at radius 3 is 2.34 bits per heavy atom. The van der Waals surface area contributed by atoms with Crippen LogP contribution >= 0.6 is 23.2 Å². The Morgan fingerprint density at radius 2 is 1.76 bits per heavy atom. The molecule has 12 heteroatoms. The van der Waals surface area contributed by atoms with E-state index in [2.05, 4.69) is 5.10 Å². The van der Waals surface area contributed by atoms with Crippen molar-refractivity contribution in [2.24, 2.45) is 0 Å². The first-order valence-electron chi connectivity index (χ1n) is 8.71. The first-order valence-corrected chi connectivity index (χ1v) is 10.9. The summed E-state index contributed by atoms with van der Waals surface area (Å²) < 4.78 is 33.0. The van der Waals surface area contributed by atoms with Gasteiger partial charge in [0.1, 0.15) is 5.02 Å². The van der Waals surface area contributed by atoms with Crippen LogP contribution in [0.15, 0.2) is 40.2 Å². The van der Waals surface area contributed by atoms with Gasteiger partial charge in [-0.15, -0.1) is 0 Å². The van der Waals surface area contributed by atoms with E-state index >= 15 is 0 Å². The molecule has 1 aromatic heterocycles. The SMILES string of the molecule is CCOC(=O)N1CCN(S(=O)(=O)c2ccc(-n3ncc(Cl)c(Cl)c3=O)cc2)CC1. The maximum atomic E-state index is 12.9. The Morgan fingerprint density at radius 1 is 1.14 bits per heavy atom. The molecule has 0 spiro atoms. The number of carbonyl (C=O) groups is 1. The normalized spacial score (nSPS) is 15.3. The number of piperazine rings is 1. The third-order valence-electron chi connectivity index (χ3n) is 4.36. The van der Waals surface area contributed by atoms with E-state index < -0.39 is 21.7 Å². The van der Waals surface area contributed by atoms with Gasteiger partial charge < -0.3 is 9.64 Å². The molecule has 156 valence electrons. The van der Waals surface area contributed by atoms with Gasteiger partial charge in [-0.3, -0.25) is 4.79 Å². The molecule has 0 saturated carbocycles. The number of nitrogens with zero attached hydrogens (tertiary/aromatic N) is 4. The lowest BCUT2D eigenvalue weighted by Crippen LogP contribution is -2.50. The van der Waals surface area contributed by atoms with Crippen LogP contribution in [0.4, 0.5) is 4.79 Å². The maximum absolute atomic E-state index is 12.9. The number of sulfonamides is 1. The van der Waals surface area contributed by atoms with E-state index in [1.165, 1.54) is 39.7 Å². The zero-order valence-corrected chi connectivity index (χ0v) is 17.7. The average molecular weight is 461 g/mol. The number of hydrogen-bond acceptors (Lipinski definition) is 6. The summed E-state index contributed by atoms with van der Waals surface area (Å²) in [6, 6.07) is 5.69. The molecule has 1 fully saturated rings. The number of ether oxygens (including phenoxy) is 1. The van der Waals surface area contributed by atoms with Crippen LogP contribution in [0.3, 0.4) is 0 Å². The molecule has 0 radical (unpaired) electrons. The summed E-state index contributed by atoms with van der Waals surface area (Å²) in [5.41, 5.74) is -0.260. The lowest BCUT2D eigenvalue weighted by molar-refractivity contribution is 0.0934. The molecule has 2 heterocycles. The van der Waals surface area contributed by atoms with E-state index in [0.29, 0.717) is 5.69 Å². The third kappa shape index (κ3) is 4.40. The summed E-state index contributed by atoms with van der Waals surface area (Å²) in [4.78, 5) is 25.5. The highest BCUT2D eigenvalue weighted by Crippen LogP contribution is 2.20. The molecule has 29 heavy (non-hydrogen) atoms. The molecule has 1 aliphatic heterocycles. The third-order valence-corrected chi connectivity index (χ3v) is 7.02. The average Bonchev–Trinajstić information content (AvgIpc) is 2.72. The fourth-order valence-corrected chi connectivity index (χ4v) is 4.51. The molecule has 1 aromatic carbocycles. The van der Waals surface area contributed by atoms with Crippen LogP contribution in [0.1, 0.15) is 6.92 Å². The van der Waals surface area contributed by atoms with Gasteiger partial charge in [0, 0.05) is 26.2 Å². The van der Waals surface area contributed by atoms with Gasteiger partial charge in [-0.05, 0) is 31.2 Å². The highest BCUT2D eigenvalue weighted by Gasteiger charge is 2.30. The van der Waals surface area contributed by atoms with E-state index in [1.54, 1.807) is 6.92 Å². The fourth-order valence-electron chi connectivity index (χ4n) is 2.83. The van der Waals surface area contributed by atoms with E-state index in [9.17, 15) is 18.0 Å². The molecule has 9 nitrogen and oxygen atoms in total. The second-order valence-electron chi connectivity index (χ2n) is 6.11. The highest BCUT2D eigenvalue weighted by atomic mass is 35.5. The molecule has 1 saturated heterocycles. The van der Waals surface area contributed by atoms with Crippen LogP contribution in [0.2, 0.25) is 10.0 Å². The summed E-state index contributed by atoms with van der Waals surface area (Å²) in [7, 11) is -3.75. The van der Waals surface area contributed by atoms with Gasteiger partial charge in [-0.1, -0.05) is 23.2 Å². The molecule has 1 aliphatic rings. The van der Waals surface area contributed by atoms with Gasteiger partial charge >= 0.3 is 6.09 Å². The van der Waals surface area contributed by atoms with E-state index in [0.717, 1.165) is 4.68 Å². The number of aromatic nitrogens is 2. The topological polar surface area (TPSA) is 102 Å². The van der Waals surface area contributed by atoms with Gasteiger partial charge in [0.15, 0.2) is 0 Å². The Hall–Kier alpha value is -2.14. The maximum Gasteiger partial charge on any atom is 0.409 e. The predicted molar refractivity (Wildman–Crippen MR) is 107 cm³/mol. The first kappa shape index (κ1) is 21.6. The van der Waals surface area contributed by atoms with Crippen LogP contribution in [0.5, 0.6) is 0 Å².